The van der Waals surface area contributed by atoms with Crippen LogP contribution in [0.25, 0.3) is 0 Å². The van der Waals surface area contributed by atoms with Gasteiger partial charge in [-0.2, -0.15) is 0 Å². The molecule has 0 spiro atoms. The van der Waals surface area contributed by atoms with Crippen molar-refractivity contribution >= 4 is 46.7 Å². The lowest BCUT2D eigenvalue weighted by Crippen LogP contribution is -2.28. The van der Waals surface area contributed by atoms with Gasteiger partial charge in [0, 0.05) is 18.7 Å². The normalized spacial score (nSPS) is 15.6. The summed E-state index contributed by atoms with van der Waals surface area (Å²) in [5.41, 5.74) is 1.34. The number of benzene rings is 2. The van der Waals surface area contributed by atoms with E-state index in [0.29, 0.717) is 22.0 Å². The van der Waals surface area contributed by atoms with E-state index in [9.17, 15) is 19.2 Å². The Hall–Kier alpha value is -3.39. The van der Waals surface area contributed by atoms with Crippen molar-refractivity contribution in [3.8, 4) is 0 Å². The average molecular weight is 459 g/mol. The molecule has 2 amide bonds. The molecule has 0 aliphatic carbocycles. The third-order valence-corrected chi connectivity index (χ3v) is 5.04. The van der Waals surface area contributed by atoms with E-state index in [0.717, 1.165) is 0 Å². The van der Waals surface area contributed by atoms with Crippen LogP contribution in [0.5, 0.6) is 0 Å². The molecule has 9 heteroatoms. The van der Waals surface area contributed by atoms with Crippen molar-refractivity contribution < 1.29 is 28.7 Å². The fraction of sp³-hybridized carbons (Fsp3) is 0.304. The van der Waals surface area contributed by atoms with Gasteiger partial charge in [-0.15, -0.1) is 0 Å². The number of carbonyl (C=O) groups is 4. The number of amides is 2. The second-order valence-corrected chi connectivity index (χ2v) is 7.95. The van der Waals surface area contributed by atoms with Crippen molar-refractivity contribution in [2.45, 2.75) is 26.4 Å². The molecule has 0 saturated carbocycles. The van der Waals surface area contributed by atoms with Gasteiger partial charge in [-0.3, -0.25) is 14.4 Å². The number of hydrogen-bond acceptors (Lipinski definition) is 6. The monoisotopic (exact) mass is 458 g/mol. The zero-order valence-corrected chi connectivity index (χ0v) is 18.4. The number of anilines is 2. The molecule has 1 fully saturated rings. The second-order valence-electron chi connectivity index (χ2n) is 7.54. The minimum atomic E-state index is -0.693. The SMILES string of the molecule is CC(C)OC(=O)c1ccc(N2C[C@@H](C(=O)OCC(=O)Nc3ccccc3Cl)CC2=O)cc1. The zero-order chi connectivity index (χ0) is 23.3. The quantitative estimate of drug-likeness (QED) is 0.638. The molecule has 168 valence electrons. The highest BCUT2D eigenvalue weighted by Gasteiger charge is 2.36. The van der Waals surface area contributed by atoms with E-state index >= 15 is 0 Å². The highest BCUT2D eigenvalue weighted by molar-refractivity contribution is 6.33. The Morgan fingerprint density at radius 1 is 1.12 bits per heavy atom. The highest BCUT2D eigenvalue weighted by Crippen LogP contribution is 2.26. The number of esters is 2. The van der Waals surface area contributed by atoms with E-state index in [1.807, 2.05) is 0 Å². The Bertz CT molecular complexity index is 1020. The van der Waals surface area contributed by atoms with Crippen LogP contribution in [0.3, 0.4) is 0 Å². The molecule has 0 unspecified atom stereocenters. The Balaban J connectivity index is 1.53. The van der Waals surface area contributed by atoms with Crippen molar-refractivity contribution in [3.05, 3.63) is 59.1 Å². The third-order valence-electron chi connectivity index (χ3n) is 4.71. The molecule has 0 radical (unpaired) electrons. The van der Waals surface area contributed by atoms with Crippen LogP contribution in [0.1, 0.15) is 30.6 Å². The standard InChI is InChI=1S/C23H23ClN2O6/c1-14(2)32-23(30)15-7-9-17(10-8-15)26-12-16(11-21(26)28)22(29)31-13-20(27)25-19-6-4-3-5-18(19)24/h3-10,14,16H,11-13H2,1-2H3,(H,25,27)/t16-/m0/s1. The van der Waals surface area contributed by atoms with Crippen molar-refractivity contribution in [2.24, 2.45) is 5.92 Å². The minimum absolute atomic E-state index is 0.0257. The molecule has 1 N–H and O–H groups in total. The van der Waals surface area contributed by atoms with E-state index in [1.54, 1.807) is 62.4 Å². The molecule has 1 atom stereocenters. The Labute approximate surface area is 190 Å². The number of nitrogens with zero attached hydrogens (tertiary/aromatic N) is 1. The van der Waals surface area contributed by atoms with Gasteiger partial charge in [0.15, 0.2) is 6.61 Å². The van der Waals surface area contributed by atoms with Crippen LogP contribution in [-0.4, -0.2) is 43.0 Å². The number of halogens is 1. The topological polar surface area (TPSA) is 102 Å². The molecule has 1 heterocycles. The molecule has 3 rings (SSSR count). The number of carbonyl (C=O) groups excluding carboxylic acids is 4. The molecule has 1 saturated heterocycles. The maximum absolute atomic E-state index is 12.4. The smallest absolute Gasteiger partial charge is 0.338 e. The number of para-hydroxylation sites is 1. The molecular weight excluding hydrogens is 436 g/mol. The predicted octanol–water partition coefficient (Wildman–Crippen LogP) is 3.44. The van der Waals surface area contributed by atoms with Gasteiger partial charge in [0.2, 0.25) is 5.91 Å². The summed E-state index contributed by atoms with van der Waals surface area (Å²) >= 11 is 5.98. The Morgan fingerprint density at radius 3 is 2.47 bits per heavy atom. The molecule has 1 aliphatic rings. The number of nitrogens with one attached hydrogen (secondary N) is 1. The van der Waals surface area contributed by atoms with Gasteiger partial charge < -0.3 is 19.7 Å². The first-order valence-corrected chi connectivity index (χ1v) is 10.4. The molecule has 8 nitrogen and oxygen atoms in total. The molecule has 0 aromatic heterocycles. The van der Waals surface area contributed by atoms with Crippen LogP contribution in [0.2, 0.25) is 5.02 Å². The first kappa shape index (κ1) is 23.3. The summed E-state index contributed by atoms with van der Waals surface area (Å²) in [5.74, 6) is -2.55. The molecule has 32 heavy (non-hydrogen) atoms. The van der Waals surface area contributed by atoms with Crippen molar-refractivity contribution in [2.75, 3.05) is 23.4 Å². The van der Waals surface area contributed by atoms with Gasteiger partial charge in [0.05, 0.1) is 28.3 Å². The van der Waals surface area contributed by atoms with Crippen LogP contribution >= 0.6 is 11.6 Å². The summed E-state index contributed by atoms with van der Waals surface area (Å²) in [6.07, 6.45) is -0.261. The fourth-order valence-electron chi connectivity index (χ4n) is 3.18. The van der Waals surface area contributed by atoms with E-state index in [4.69, 9.17) is 21.1 Å². The van der Waals surface area contributed by atoms with E-state index in [-0.39, 0.29) is 25.0 Å². The van der Waals surface area contributed by atoms with Gasteiger partial charge in [-0.25, -0.2) is 4.79 Å². The molecular formula is C23H23ClN2O6. The summed E-state index contributed by atoms with van der Waals surface area (Å²) in [6.45, 7) is 3.16. The first-order valence-electron chi connectivity index (χ1n) is 10.1. The van der Waals surface area contributed by atoms with Gasteiger partial charge in [-0.05, 0) is 50.2 Å². The van der Waals surface area contributed by atoms with Crippen LogP contribution < -0.4 is 10.2 Å². The molecule has 0 bridgehead atoms. The van der Waals surface area contributed by atoms with Gasteiger partial charge >= 0.3 is 11.9 Å². The van der Waals surface area contributed by atoms with Crippen LogP contribution in [0, 0.1) is 5.92 Å². The lowest BCUT2D eigenvalue weighted by atomic mass is 10.1. The third kappa shape index (κ3) is 5.85. The maximum atomic E-state index is 12.4. The van der Waals surface area contributed by atoms with Gasteiger partial charge in [-0.1, -0.05) is 23.7 Å². The summed E-state index contributed by atoms with van der Waals surface area (Å²) in [4.78, 5) is 50.2. The van der Waals surface area contributed by atoms with E-state index in [1.165, 1.54) is 4.90 Å². The van der Waals surface area contributed by atoms with Gasteiger partial charge in [0.25, 0.3) is 5.91 Å². The molecule has 2 aromatic carbocycles. The van der Waals surface area contributed by atoms with Gasteiger partial charge in [0.1, 0.15) is 0 Å². The summed E-state index contributed by atoms with van der Waals surface area (Å²) in [5, 5.41) is 2.93. The average Bonchev–Trinajstić information content (AvgIpc) is 3.15. The Kier molecular flexibility index (Phi) is 7.48. The van der Waals surface area contributed by atoms with Crippen molar-refractivity contribution in [1.29, 1.82) is 0 Å². The number of rotatable bonds is 7. The number of hydrogen-bond donors (Lipinski definition) is 1. The number of ether oxygens (including phenoxy) is 2. The van der Waals surface area contributed by atoms with E-state index in [2.05, 4.69) is 5.32 Å². The molecule has 1 aliphatic heterocycles. The second kappa shape index (κ2) is 10.3. The van der Waals surface area contributed by atoms with Crippen LogP contribution in [0.15, 0.2) is 48.5 Å². The van der Waals surface area contributed by atoms with E-state index < -0.39 is 30.4 Å². The lowest BCUT2D eigenvalue weighted by Gasteiger charge is -2.17. The van der Waals surface area contributed by atoms with Crippen LogP contribution in [-0.2, 0) is 23.9 Å². The summed E-state index contributed by atoms with van der Waals surface area (Å²) < 4.78 is 10.2. The maximum Gasteiger partial charge on any atom is 0.338 e. The predicted molar refractivity (Wildman–Crippen MR) is 118 cm³/mol. The summed E-state index contributed by atoms with van der Waals surface area (Å²) in [7, 11) is 0. The van der Waals surface area contributed by atoms with Crippen molar-refractivity contribution in [1.82, 2.24) is 0 Å². The zero-order valence-electron chi connectivity index (χ0n) is 17.7. The summed E-state index contributed by atoms with van der Waals surface area (Å²) in [6, 6.07) is 13.1. The molecule has 2 aromatic rings. The lowest BCUT2D eigenvalue weighted by molar-refractivity contribution is -0.151. The fourth-order valence-corrected chi connectivity index (χ4v) is 3.36. The first-order chi connectivity index (χ1) is 15.2. The van der Waals surface area contributed by atoms with Crippen molar-refractivity contribution in [3.63, 3.8) is 0 Å². The largest absolute Gasteiger partial charge is 0.459 e. The highest BCUT2D eigenvalue weighted by atomic mass is 35.5. The minimum Gasteiger partial charge on any atom is -0.459 e. The Morgan fingerprint density at radius 2 is 1.81 bits per heavy atom. The van der Waals surface area contributed by atoms with Crippen LogP contribution in [0.4, 0.5) is 11.4 Å².